The van der Waals surface area contributed by atoms with E-state index in [0.717, 1.165) is 185 Å². The number of hydrogen-bond acceptors (Lipinski definition) is 40. The third kappa shape index (κ3) is 28.6. The van der Waals surface area contributed by atoms with E-state index in [1.54, 1.807) is 85.0 Å². The molecule has 147 heavy (non-hydrogen) atoms. The van der Waals surface area contributed by atoms with Gasteiger partial charge in [0.1, 0.15) is 29.1 Å². The lowest BCUT2D eigenvalue weighted by Gasteiger charge is -2.29. The number of carbonyl (C=O) groups excluding carboxylic acids is 5. The third-order valence-electron chi connectivity index (χ3n) is 25.8. The first kappa shape index (κ1) is 103. The van der Waals surface area contributed by atoms with Crippen LogP contribution in [0.4, 0.5) is 87.3 Å². The molecule has 5 saturated carbocycles. The third-order valence-corrected chi connectivity index (χ3v) is 25.8. The van der Waals surface area contributed by atoms with E-state index in [4.69, 9.17) is 28.7 Å². The number of ketones is 5. The summed E-state index contributed by atoms with van der Waals surface area (Å²) in [5.74, 6) is 5.34. The van der Waals surface area contributed by atoms with Gasteiger partial charge in [-0.2, -0.15) is 45.0 Å². The molecular weight excluding hydrogens is 1860 g/mol. The molecular formula is C104H122N38O5. The van der Waals surface area contributed by atoms with Gasteiger partial charge in [-0.3, -0.25) is 24.0 Å². The highest BCUT2D eigenvalue weighted by atomic mass is 16.1. The molecule has 43 heteroatoms. The number of benzene rings is 5. The second-order valence-corrected chi connectivity index (χ2v) is 36.6. The summed E-state index contributed by atoms with van der Waals surface area (Å²) >= 11 is 0. The summed E-state index contributed by atoms with van der Waals surface area (Å²) in [6.45, 7) is 7.50. The topological polar surface area (TPSA) is 608 Å². The SMILES string of the molecule is CC(=O)c1cnc(N[C@@H]2CCCC[C@@H]2N)nc1Nc1ccc(-c2ncccn2)cc1.CC(=O)c1cnc(N[C@@H]2CCCC[C@@H]2N)nc1Nc1cccc(-c2ncccn2)c1.CC(=O)c1cnc(N[C@@H]2CCCC[C@@H]2N)nc1Nc1cccc(-n2cccn2)c1.CC(=O)c1cnc(N[C@@H]2CCCC[C@@H]2N)nc1Nc1cccc(-n2nccn2)c1.CC(=O)c1cnc(N[C@@H]2CCCC[C@@H]2N)nc1Nc1cccc(-n2ncnn2)c1. The Morgan fingerprint density at radius 3 is 0.912 bits per heavy atom. The van der Waals surface area contributed by atoms with Crippen LogP contribution in [0.2, 0.25) is 0 Å². The van der Waals surface area contributed by atoms with E-state index < -0.39 is 0 Å². The van der Waals surface area contributed by atoms with Crippen molar-refractivity contribution in [3.8, 4) is 39.8 Å². The minimum absolute atomic E-state index is 0.0723. The van der Waals surface area contributed by atoms with Gasteiger partial charge in [0, 0.05) is 168 Å². The van der Waals surface area contributed by atoms with E-state index >= 15 is 0 Å². The zero-order valence-corrected chi connectivity index (χ0v) is 82.5. The fourth-order valence-corrected chi connectivity index (χ4v) is 17.8. The van der Waals surface area contributed by atoms with Crippen molar-refractivity contribution >= 4 is 116 Å². The summed E-state index contributed by atoms with van der Waals surface area (Å²) in [6.07, 6.45) is 44.1. The van der Waals surface area contributed by atoms with Crippen LogP contribution in [0.5, 0.6) is 0 Å². The van der Waals surface area contributed by atoms with Crippen LogP contribution in [0, 0.1) is 0 Å². The van der Waals surface area contributed by atoms with Crippen molar-refractivity contribution < 1.29 is 24.0 Å². The highest BCUT2D eigenvalue weighted by molar-refractivity contribution is 6.02. The van der Waals surface area contributed by atoms with E-state index in [1.807, 2.05) is 134 Å². The number of anilines is 15. The average Bonchev–Trinajstić information content (AvgIpc) is 1.57. The molecule has 10 atom stereocenters. The van der Waals surface area contributed by atoms with E-state index in [0.29, 0.717) is 98.3 Å². The maximum atomic E-state index is 12.1. The maximum absolute atomic E-state index is 12.1. The van der Waals surface area contributed by atoms with Gasteiger partial charge >= 0.3 is 0 Å². The van der Waals surface area contributed by atoms with Crippen LogP contribution in [-0.4, -0.2) is 204 Å². The molecule has 43 nitrogen and oxygen atoms in total. The van der Waals surface area contributed by atoms with Gasteiger partial charge in [0.15, 0.2) is 46.9 Å². The van der Waals surface area contributed by atoms with Crippen molar-refractivity contribution in [2.45, 2.75) is 223 Å². The number of rotatable bonds is 30. The number of nitrogens with two attached hydrogens (primary N) is 5. The summed E-state index contributed by atoms with van der Waals surface area (Å²) in [4.78, 5) is 125. The predicted octanol–water partition coefficient (Wildman–Crippen LogP) is 15.2. The Labute approximate surface area is 849 Å². The van der Waals surface area contributed by atoms with Gasteiger partial charge in [-0.15, -0.1) is 15.0 Å². The van der Waals surface area contributed by atoms with Gasteiger partial charge in [-0.05, 0) is 213 Å². The summed E-state index contributed by atoms with van der Waals surface area (Å²) in [7, 11) is 0. The van der Waals surface area contributed by atoms with E-state index in [1.165, 1.54) is 56.7 Å². The standard InChI is InChI=1S/2C22H25N7O.C21H25N7O.C20H24N8O.C19H23N9O/c1-14(30)17-13-26-22(28-19-9-3-2-8-18(19)23)29-21(17)27-16-7-4-6-15(12-16)20-24-10-5-11-25-20;1-14(30)17-13-26-22(28-19-6-3-2-5-18(19)23)29-21(17)27-16-9-7-15(8-10-16)20-24-11-4-12-25-20;1-14(29)17-13-23-21(26-19-9-3-2-8-18(19)22)27-20(17)25-15-6-4-7-16(12-15)28-11-5-10-24-28;1-13(29)16-12-22-20(26-18-8-3-2-7-17(18)21)27-19(16)25-14-5-4-6-15(11-14)28-23-9-10-24-28;1-12(29)15-10-21-19(25-17-8-3-2-7-16(17)20)26-18(15)24-13-5-4-6-14(9-13)28-23-11-22-27-28/h4-7,10-13,18-19H,2-3,8-9,23H2,1H3,(H2,26,27,28,29);4,7-13,18-19H,2-3,5-6,23H2,1H3,(H2,26,27,28,29);4-7,10-13,18-19H,2-3,8-9,22H2,1H3,(H2,23,25,26,27);4-6,9-12,17-18H,2-3,7-8,21H2,1H3,(H2,22,25,26,27);4-6,9-11,16-17H,2-3,7-8,20H2,1H3,(H2,21,24,25,26)/t3*18-,19+;17-,18+;16-,17+/m00000/s1. The Morgan fingerprint density at radius 1 is 0.286 bits per heavy atom. The Hall–Kier alpha value is -16.8. The second-order valence-electron chi connectivity index (χ2n) is 36.6. The Bertz CT molecular complexity index is 6510. The largest absolute Gasteiger partial charge is 0.350 e. The Morgan fingerprint density at radius 2 is 0.592 bits per heavy atom. The molecule has 5 fully saturated rings. The molecule has 0 bridgehead atoms. The minimum atomic E-state index is -0.123. The maximum Gasteiger partial charge on any atom is 0.224 e. The Kier molecular flexibility index (Phi) is 35.4. The van der Waals surface area contributed by atoms with Crippen LogP contribution in [0.1, 0.15) is 215 Å². The van der Waals surface area contributed by atoms with Crippen molar-refractivity contribution in [1.29, 1.82) is 0 Å². The molecule has 5 aromatic carbocycles. The van der Waals surface area contributed by atoms with Crippen LogP contribution >= 0.6 is 0 Å². The summed E-state index contributed by atoms with van der Waals surface area (Å²) in [6, 6.07) is 44.6. The Balaban J connectivity index is 0.000000131. The highest BCUT2D eigenvalue weighted by Crippen LogP contribution is 2.34. The summed E-state index contributed by atoms with van der Waals surface area (Å²) in [5, 5.41) is 57.1. The number of nitrogens with zero attached hydrogens (tertiary/aromatic N) is 23. The molecule has 0 radical (unpaired) electrons. The van der Waals surface area contributed by atoms with Crippen molar-refractivity contribution in [3.05, 3.63) is 254 Å². The molecule has 20 N–H and O–H groups in total. The number of carbonyl (C=O) groups is 5. The quantitative estimate of drug-likeness (QED) is 0.0186. The smallest absolute Gasteiger partial charge is 0.224 e. The van der Waals surface area contributed by atoms with E-state index in [2.05, 4.69) is 154 Å². The first-order valence-electron chi connectivity index (χ1n) is 49.5. The van der Waals surface area contributed by atoms with E-state index in [9.17, 15) is 24.0 Å². The van der Waals surface area contributed by atoms with Crippen LogP contribution < -0.4 is 81.8 Å². The minimum Gasteiger partial charge on any atom is -0.350 e. The second kappa shape index (κ2) is 50.4. The van der Waals surface area contributed by atoms with Crippen LogP contribution in [0.15, 0.2) is 226 Å². The molecule has 0 saturated heterocycles. The van der Waals surface area contributed by atoms with E-state index in [-0.39, 0.29) is 89.3 Å². The van der Waals surface area contributed by atoms with Crippen molar-refractivity contribution in [2.24, 2.45) is 28.7 Å². The monoisotopic (exact) mass is 1980 g/mol. The molecule has 0 unspecified atom stereocenters. The zero-order valence-electron chi connectivity index (χ0n) is 82.5. The molecule has 15 aromatic rings. The molecule has 20 rings (SSSR count). The number of tetrazole rings is 1. The first-order chi connectivity index (χ1) is 71.5. The zero-order chi connectivity index (χ0) is 102. The lowest BCUT2D eigenvalue weighted by Crippen LogP contribution is -2.43. The summed E-state index contributed by atoms with van der Waals surface area (Å²) in [5.41, 5.74) is 41.4. The van der Waals surface area contributed by atoms with Crippen molar-refractivity contribution in [1.82, 2.24) is 115 Å². The molecule has 10 heterocycles. The molecule has 758 valence electrons. The predicted molar refractivity (Wildman–Crippen MR) is 565 cm³/mol. The van der Waals surface area contributed by atoms with Gasteiger partial charge in [0.25, 0.3) is 0 Å². The highest BCUT2D eigenvalue weighted by Gasteiger charge is 2.30. The lowest BCUT2D eigenvalue weighted by molar-refractivity contribution is 0.100. The molecule has 0 aliphatic heterocycles. The van der Waals surface area contributed by atoms with Crippen LogP contribution in [0.25, 0.3) is 39.8 Å². The number of nitrogens with one attached hydrogen (secondary N) is 10. The molecule has 10 aromatic heterocycles. The molecule has 5 aliphatic carbocycles. The average molecular weight is 1980 g/mol. The lowest BCUT2D eigenvalue weighted by atomic mass is 9.91. The fourth-order valence-electron chi connectivity index (χ4n) is 17.8. The van der Waals surface area contributed by atoms with Crippen molar-refractivity contribution in [3.63, 3.8) is 0 Å². The van der Waals surface area contributed by atoms with Gasteiger partial charge in [-0.25, -0.2) is 49.5 Å². The first-order valence-corrected chi connectivity index (χ1v) is 49.5. The van der Waals surface area contributed by atoms with Gasteiger partial charge < -0.3 is 81.8 Å². The van der Waals surface area contributed by atoms with Gasteiger partial charge in [0.2, 0.25) is 29.7 Å². The molecule has 0 spiro atoms. The number of aromatic nitrogens is 23. The molecule has 5 aliphatic rings. The van der Waals surface area contributed by atoms with Crippen molar-refractivity contribution in [2.75, 3.05) is 53.2 Å². The molecule has 0 amide bonds. The number of Topliss-reactive ketones (excluding diaryl/α,β-unsaturated/α-hetero) is 5. The number of hydrogen-bond donors (Lipinski definition) is 15. The fraction of sp³-hybridized carbons (Fsp3) is 0.337. The van der Waals surface area contributed by atoms with Gasteiger partial charge in [0.05, 0.1) is 57.3 Å². The normalized spacial score (nSPS) is 18.8. The van der Waals surface area contributed by atoms with Gasteiger partial charge in [-0.1, -0.05) is 94.5 Å². The summed E-state index contributed by atoms with van der Waals surface area (Å²) < 4.78 is 1.77. The van der Waals surface area contributed by atoms with Crippen LogP contribution in [-0.2, 0) is 0 Å². The van der Waals surface area contributed by atoms with Crippen LogP contribution in [0.3, 0.4) is 0 Å².